The number of benzene rings is 2. The van der Waals surface area contributed by atoms with E-state index >= 15 is 0 Å². The second-order valence-corrected chi connectivity index (χ2v) is 7.63. The molecule has 1 amide bonds. The normalized spacial score (nSPS) is 18.9. The summed E-state index contributed by atoms with van der Waals surface area (Å²) in [4.78, 5) is 27.1. The number of fused-ring (bicyclic) bond motifs is 1. The van der Waals surface area contributed by atoms with Crippen molar-refractivity contribution in [3.05, 3.63) is 70.2 Å². The highest BCUT2D eigenvalue weighted by molar-refractivity contribution is 9.10. The Hall–Kier alpha value is -2.24. The first-order valence-electron chi connectivity index (χ1n) is 9.06. The van der Waals surface area contributed by atoms with Gasteiger partial charge in [0.05, 0.1) is 12.1 Å². The summed E-state index contributed by atoms with van der Waals surface area (Å²) in [7, 11) is 0. The van der Waals surface area contributed by atoms with Crippen LogP contribution in [0.15, 0.2) is 59.1 Å². The highest BCUT2D eigenvalue weighted by Crippen LogP contribution is 2.43. The van der Waals surface area contributed by atoms with Crippen molar-refractivity contribution in [2.45, 2.75) is 31.8 Å². The zero-order chi connectivity index (χ0) is 19.4. The van der Waals surface area contributed by atoms with Gasteiger partial charge in [0.25, 0.3) is 5.91 Å². The summed E-state index contributed by atoms with van der Waals surface area (Å²) in [6.45, 7) is 2.58. The number of allylic oxidation sites excluding steroid dienone is 1. The minimum absolute atomic E-state index is 0.277. The highest BCUT2D eigenvalue weighted by Gasteiger charge is 2.50. The van der Waals surface area contributed by atoms with Crippen molar-refractivity contribution in [1.82, 2.24) is 0 Å². The van der Waals surface area contributed by atoms with Gasteiger partial charge in [0.2, 0.25) is 0 Å². The molecule has 0 radical (unpaired) electrons. The van der Waals surface area contributed by atoms with E-state index in [1.807, 2.05) is 49.4 Å². The number of unbranched alkanes of at least 4 members (excludes halogenated alkanes) is 1. The number of nitrogens with zero attached hydrogens (tertiary/aromatic N) is 1. The predicted molar refractivity (Wildman–Crippen MR) is 110 cm³/mol. The van der Waals surface area contributed by atoms with Crippen molar-refractivity contribution in [2.75, 3.05) is 11.4 Å². The van der Waals surface area contributed by atoms with Gasteiger partial charge in [-0.05, 0) is 36.3 Å². The first-order chi connectivity index (χ1) is 13.0. The number of anilines is 1. The molecule has 0 aromatic heterocycles. The standard InChI is InChI=1S/C22H22BrNO3/c1-2-3-13-24-20-12-10-17(23)14-19(20)22(27,21(24)26)15-18(25)11-9-16-7-5-4-6-8-16/h4-12,14,27H,2-3,13,15H2,1H3/b11-9+/t22-/m1/s1. The van der Waals surface area contributed by atoms with Crippen molar-refractivity contribution in [3.63, 3.8) is 0 Å². The molecule has 0 spiro atoms. The molecule has 1 aliphatic rings. The molecule has 0 saturated carbocycles. The third kappa shape index (κ3) is 4.04. The van der Waals surface area contributed by atoms with E-state index in [9.17, 15) is 14.7 Å². The molecule has 5 heteroatoms. The fourth-order valence-electron chi connectivity index (χ4n) is 3.30. The average Bonchev–Trinajstić information content (AvgIpc) is 2.86. The van der Waals surface area contributed by atoms with Crippen LogP contribution in [0.2, 0.25) is 0 Å². The Balaban J connectivity index is 1.87. The smallest absolute Gasteiger partial charge is 0.264 e. The molecule has 140 valence electrons. The Kier molecular flexibility index (Phi) is 5.92. The van der Waals surface area contributed by atoms with Crippen molar-refractivity contribution in [2.24, 2.45) is 0 Å². The molecule has 0 saturated heterocycles. The number of carbonyl (C=O) groups is 2. The van der Waals surface area contributed by atoms with Crippen LogP contribution in [0.1, 0.15) is 37.3 Å². The van der Waals surface area contributed by atoms with E-state index in [0.717, 1.165) is 22.9 Å². The lowest BCUT2D eigenvalue weighted by atomic mass is 9.89. The van der Waals surface area contributed by atoms with Gasteiger partial charge in [0.15, 0.2) is 11.4 Å². The Morgan fingerprint density at radius 2 is 1.96 bits per heavy atom. The molecule has 4 nitrogen and oxygen atoms in total. The molecule has 1 aliphatic heterocycles. The van der Waals surface area contributed by atoms with E-state index in [1.165, 1.54) is 6.08 Å². The summed E-state index contributed by atoms with van der Waals surface area (Å²) in [6, 6.07) is 14.8. The summed E-state index contributed by atoms with van der Waals surface area (Å²) in [5.74, 6) is -0.719. The van der Waals surface area contributed by atoms with Crippen LogP contribution in [0, 0.1) is 0 Å². The summed E-state index contributed by atoms with van der Waals surface area (Å²) in [6.07, 6.45) is 4.61. The monoisotopic (exact) mass is 427 g/mol. The maximum Gasteiger partial charge on any atom is 0.264 e. The van der Waals surface area contributed by atoms with Gasteiger partial charge >= 0.3 is 0 Å². The number of amides is 1. The van der Waals surface area contributed by atoms with Crippen LogP contribution in [-0.4, -0.2) is 23.3 Å². The number of ketones is 1. The van der Waals surface area contributed by atoms with Gasteiger partial charge < -0.3 is 10.0 Å². The number of carbonyl (C=O) groups excluding carboxylic acids is 2. The van der Waals surface area contributed by atoms with Crippen LogP contribution in [-0.2, 0) is 15.2 Å². The SMILES string of the molecule is CCCCN1C(=O)[C@@](O)(CC(=O)/C=C/c2ccccc2)c2cc(Br)ccc21. The van der Waals surface area contributed by atoms with E-state index in [0.29, 0.717) is 17.8 Å². The Labute approximate surface area is 167 Å². The molecule has 1 atom stereocenters. The molecule has 2 aromatic rings. The van der Waals surface area contributed by atoms with Gasteiger partial charge in [-0.2, -0.15) is 0 Å². The van der Waals surface area contributed by atoms with Crippen LogP contribution in [0.3, 0.4) is 0 Å². The van der Waals surface area contributed by atoms with Gasteiger partial charge in [-0.25, -0.2) is 0 Å². The Bertz CT molecular complexity index is 878. The summed E-state index contributed by atoms with van der Waals surface area (Å²) in [5, 5.41) is 11.2. The molecule has 0 unspecified atom stereocenters. The van der Waals surface area contributed by atoms with Crippen LogP contribution in [0.25, 0.3) is 6.08 Å². The predicted octanol–water partition coefficient (Wildman–Crippen LogP) is 4.46. The van der Waals surface area contributed by atoms with Gasteiger partial charge in [-0.1, -0.05) is 65.7 Å². The highest BCUT2D eigenvalue weighted by atomic mass is 79.9. The summed E-state index contributed by atoms with van der Waals surface area (Å²) in [5.41, 5.74) is 0.229. The molecule has 0 aliphatic carbocycles. The van der Waals surface area contributed by atoms with Crippen molar-refractivity contribution >= 4 is 39.4 Å². The summed E-state index contributed by atoms with van der Waals surface area (Å²) >= 11 is 3.40. The molecule has 1 heterocycles. The fraction of sp³-hybridized carbons (Fsp3) is 0.273. The quantitative estimate of drug-likeness (QED) is 0.663. The lowest BCUT2D eigenvalue weighted by Gasteiger charge is -2.22. The maximum atomic E-state index is 13.0. The first-order valence-corrected chi connectivity index (χ1v) is 9.85. The number of aliphatic hydroxyl groups is 1. The number of halogens is 1. The Morgan fingerprint density at radius 1 is 1.22 bits per heavy atom. The van der Waals surface area contributed by atoms with Crippen LogP contribution >= 0.6 is 15.9 Å². The maximum absolute atomic E-state index is 13.0. The first kappa shape index (κ1) is 19.5. The van der Waals surface area contributed by atoms with E-state index in [4.69, 9.17) is 0 Å². The van der Waals surface area contributed by atoms with Crippen molar-refractivity contribution in [1.29, 1.82) is 0 Å². The van der Waals surface area contributed by atoms with E-state index < -0.39 is 11.5 Å². The number of rotatable bonds is 7. The number of hydrogen-bond acceptors (Lipinski definition) is 3. The average molecular weight is 428 g/mol. The lowest BCUT2D eigenvalue weighted by molar-refractivity contribution is -0.140. The molecular weight excluding hydrogens is 406 g/mol. The summed E-state index contributed by atoms with van der Waals surface area (Å²) < 4.78 is 0.761. The fourth-order valence-corrected chi connectivity index (χ4v) is 3.66. The second kappa shape index (κ2) is 8.19. The molecule has 2 aromatic carbocycles. The number of hydrogen-bond donors (Lipinski definition) is 1. The molecule has 0 fully saturated rings. The van der Waals surface area contributed by atoms with Gasteiger partial charge in [-0.15, -0.1) is 0 Å². The largest absolute Gasteiger partial charge is 0.375 e. The molecule has 1 N–H and O–H groups in total. The molecular formula is C22H22BrNO3. The van der Waals surface area contributed by atoms with E-state index in [-0.39, 0.29) is 12.2 Å². The van der Waals surface area contributed by atoms with Crippen LogP contribution in [0.5, 0.6) is 0 Å². The van der Waals surface area contributed by atoms with Crippen LogP contribution in [0.4, 0.5) is 5.69 Å². The molecule has 27 heavy (non-hydrogen) atoms. The van der Waals surface area contributed by atoms with Crippen molar-refractivity contribution in [3.8, 4) is 0 Å². The van der Waals surface area contributed by atoms with E-state index in [1.54, 1.807) is 17.0 Å². The van der Waals surface area contributed by atoms with Gasteiger partial charge in [0, 0.05) is 16.6 Å². The Morgan fingerprint density at radius 3 is 2.67 bits per heavy atom. The van der Waals surface area contributed by atoms with Gasteiger partial charge in [-0.3, -0.25) is 9.59 Å². The zero-order valence-corrected chi connectivity index (χ0v) is 16.8. The van der Waals surface area contributed by atoms with Gasteiger partial charge in [0.1, 0.15) is 0 Å². The minimum atomic E-state index is -1.83. The third-order valence-electron chi connectivity index (χ3n) is 4.72. The molecule has 3 rings (SSSR count). The minimum Gasteiger partial charge on any atom is -0.375 e. The molecule has 0 bridgehead atoms. The van der Waals surface area contributed by atoms with Crippen molar-refractivity contribution < 1.29 is 14.7 Å². The zero-order valence-electron chi connectivity index (χ0n) is 15.2. The van der Waals surface area contributed by atoms with E-state index in [2.05, 4.69) is 15.9 Å². The van der Waals surface area contributed by atoms with Crippen LogP contribution < -0.4 is 4.90 Å². The third-order valence-corrected chi connectivity index (χ3v) is 5.21. The lowest BCUT2D eigenvalue weighted by Crippen LogP contribution is -2.42. The second-order valence-electron chi connectivity index (χ2n) is 6.72. The topological polar surface area (TPSA) is 57.6 Å².